The zero-order valence-corrected chi connectivity index (χ0v) is 15.9. The number of hydrogen-bond acceptors (Lipinski definition) is 3. The van der Waals surface area contributed by atoms with Crippen molar-refractivity contribution in [2.45, 2.75) is 45.6 Å². The van der Waals surface area contributed by atoms with E-state index >= 15 is 0 Å². The number of hydrogen-bond donors (Lipinski definition) is 1. The van der Waals surface area contributed by atoms with Crippen molar-refractivity contribution in [1.29, 1.82) is 0 Å². The maximum Gasteiger partial charge on any atom is 0.410 e. The van der Waals surface area contributed by atoms with Crippen LogP contribution >= 0.6 is 11.6 Å². The lowest BCUT2D eigenvalue weighted by Crippen LogP contribution is -2.37. The van der Waals surface area contributed by atoms with Gasteiger partial charge in [0.15, 0.2) is 0 Å². The van der Waals surface area contributed by atoms with E-state index in [0.717, 1.165) is 17.9 Å². The third-order valence-corrected chi connectivity index (χ3v) is 4.32. The Labute approximate surface area is 154 Å². The van der Waals surface area contributed by atoms with Gasteiger partial charge in [-0.3, -0.25) is 4.79 Å². The fraction of sp³-hybridized carbons (Fsp3) is 0.579. The summed E-state index contributed by atoms with van der Waals surface area (Å²) in [6.07, 6.45) is 2.11. The zero-order chi connectivity index (χ0) is 18.4. The average molecular weight is 367 g/mol. The maximum absolute atomic E-state index is 12.2. The lowest BCUT2D eigenvalue weighted by molar-refractivity contribution is -0.124. The molecule has 1 atom stereocenters. The number of likely N-dealkylation sites (tertiary alicyclic amines) is 1. The second kappa shape index (κ2) is 8.56. The second-order valence-electron chi connectivity index (χ2n) is 7.43. The van der Waals surface area contributed by atoms with Crippen LogP contribution in [0.15, 0.2) is 24.3 Å². The molecule has 1 aliphatic rings. The second-order valence-corrected chi connectivity index (χ2v) is 7.87. The van der Waals surface area contributed by atoms with Crippen molar-refractivity contribution < 1.29 is 14.3 Å². The zero-order valence-electron chi connectivity index (χ0n) is 15.2. The van der Waals surface area contributed by atoms with E-state index < -0.39 is 5.60 Å². The number of ether oxygens (including phenoxy) is 1. The predicted octanol–water partition coefficient (Wildman–Crippen LogP) is 3.65. The minimum absolute atomic E-state index is 0.0159. The van der Waals surface area contributed by atoms with Crippen molar-refractivity contribution in [3.63, 3.8) is 0 Å². The van der Waals surface area contributed by atoms with E-state index in [1.165, 1.54) is 5.56 Å². The molecule has 0 spiro atoms. The summed E-state index contributed by atoms with van der Waals surface area (Å²) in [5.41, 5.74) is 0.689. The maximum atomic E-state index is 12.2. The van der Waals surface area contributed by atoms with Crippen molar-refractivity contribution in [3.8, 4) is 0 Å². The molecule has 0 aliphatic carbocycles. The van der Waals surface area contributed by atoms with Crippen LogP contribution < -0.4 is 5.32 Å². The summed E-state index contributed by atoms with van der Waals surface area (Å²) < 4.78 is 5.35. The summed E-state index contributed by atoms with van der Waals surface area (Å²) in [5, 5.41) is 3.70. The summed E-state index contributed by atoms with van der Waals surface area (Å²) in [4.78, 5) is 25.9. The van der Waals surface area contributed by atoms with Gasteiger partial charge >= 0.3 is 6.09 Å². The van der Waals surface area contributed by atoms with Gasteiger partial charge in [-0.25, -0.2) is 4.79 Å². The van der Waals surface area contributed by atoms with E-state index in [1.807, 2.05) is 45.0 Å². The first-order valence-corrected chi connectivity index (χ1v) is 9.12. The van der Waals surface area contributed by atoms with E-state index in [-0.39, 0.29) is 17.9 Å². The number of nitrogens with zero attached hydrogens (tertiary/aromatic N) is 1. The number of carbonyl (C=O) groups is 2. The molecule has 1 aromatic rings. The monoisotopic (exact) mass is 366 g/mol. The first-order chi connectivity index (χ1) is 11.7. The Balaban J connectivity index is 1.68. The molecule has 1 unspecified atom stereocenters. The molecule has 0 radical (unpaired) electrons. The normalized spacial score (nSPS) is 17.4. The molecule has 1 N–H and O–H groups in total. The third kappa shape index (κ3) is 6.58. The summed E-state index contributed by atoms with van der Waals surface area (Å²) in [7, 11) is 0. The van der Waals surface area contributed by atoms with Gasteiger partial charge in [0.2, 0.25) is 5.91 Å². The van der Waals surface area contributed by atoms with Gasteiger partial charge in [-0.05, 0) is 57.7 Å². The van der Waals surface area contributed by atoms with E-state index in [4.69, 9.17) is 16.3 Å². The number of amides is 2. The number of aryl methyl sites for hydroxylation is 1. The molecule has 0 bridgehead atoms. The molecule has 138 valence electrons. The van der Waals surface area contributed by atoms with Crippen LogP contribution in [0.2, 0.25) is 5.02 Å². The Bertz CT molecular complexity index is 596. The molecule has 1 aromatic carbocycles. The van der Waals surface area contributed by atoms with Gasteiger partial charge in [0, 0.05) is 24.7 Å². The molecule has 0 aromatic heterocycles. The van der Waals surface area contributed by atoms with Crippen molar-refractivity contribution in [1.82, 2.24) is 10.2 Å². The number of halogens is 1. The highest BCUT2D eigenvalue weighted by atomic mass is 35.5. The molecular weight excluding hydrogens is 340 g/mol. The predicted molar refractivity (Wildman–Crippen MR) is 98.7 cm³/mol. The number of nitrogens with one attached hydrogen (secondary N) is 1. The van der Waals surface area contributed by atoms with Crippen LogP contribution in [0.1, 0.15) is 39.2 Å². The van der Waals surface area contributed by atoms with Gasteiger partial charge in [-0.2, -0.15) is 0 Å². The van der Waals surface area contributed by atoms with Crippen LogP contribution in [-0.2, 0) is 16.0 Å². The van der Waals surface area contributed by atoms with E-state index in [2.05, 4.69) is 5.32 Å². The molecule has 6 heteroatoms. The fourth-order valence-electron chi connectivity index (χ4n) is 2.77. The SMILES string of the molecule is CC(C)(C)OC(=O)N1CCC(C(=O)NCCCc2ccc(Cl)cc2)C1. The molecule has 5 nitrogen and oxygen atoms in total. The average Bonchev–Trinajstić information content (AvgIpc) is 3.01. The van der Waals surface area contributed by atoms with Crippen LogP contribution in [0, 0.1) is 5.92 Å². The molecule has 1 aliphatic heterocycles. The lowest BCUT2D eigenvalue weighted by atomic mass is 10.1. The van der Waals surface area contributed by atoms with Crippen LogP contribution in [0.5, 0.6) is 0 Å². The van der Waals surface area contributed by atoms with Crippen LogP contribution in [0.4, 0.5) is 4.79 Å². The highest BCUT2D eigenvalue weighted by Gasteiger charge is 2.33. The first-order valence-electron chi connectivity index (χ1n) is 8.75. The van der Waals surface area contributed by atoms with Gasteiger partial charge in [-0.15, -0.1) is 0 Å². The van der Waals surface area contributed by atoms with Gasteiger partial charge in [0.1, 0.15) is 5.60 Å². The van der Waals surface area contributed by atoms with Crippen molar-refractivity contribution >= 4 is 23.6 Å². The van der Waals surface area contributed by atoms with E-state index in [1.54, 1.807) is 4.90 Å². The Morgan fingerprint density at radius 2 is 1.96 bits per heavy atom. The molecule has 25 heavy (non-hydrogen) atoms. The Morgan fingerprint density at radius 3 is 2.60 bits per heavy atom. The summed E-state index contributed by atoms with van der Waals surface area (Å²) in [5.74, 6) is -0.134. The van der Waals surface area contributed by atoms with Crippen LogP contribution in [0.25, 0.3) is 0 Å². The Morgan fingerprint density at radius 1 is 1.28 bits per heavy atom. The number of benzene rings is 1. The lowest BCUT2D eigenvalue weighted by Gasteiger charge is -2.24. The van der Waals surface area contributed by atoms with Crippen molar-refractivity contribution in [3.05, 3.63) is 34.9 Å². The standard InChI is InChI=1S/C19H27ClN2O3/c1-19(2,3)25-18(24)22-12-10-15(13-22)17(23)21-11-4-5-14-6-8-16(20)9-7-14/h6-9,15H,4-5,10-13H2,1-3H3,(H,21,23). The fourth-order valence-corrected chi connectivity index (χ4v) is 2.89. The number of rotatable bonds is 5. The smallest absolute Gasteiger partial charge is 0.410 e. The van der Waals surface area contributed by atoms with E-state index in [9.17, 15) is 9.59 Å². The Hall–Kier alpha value is -1.75. The molecule has 2 rings (SSSR count). The van der Waals surface area contributed by atoms with Crippen LogP contribution in [-0.4, -0.2) is 42.1 Å². The van der Waals surface area contributed by atoms with Crippen molar-refractivity contribution in [2.75, 3.05) is 19.6 Å². The molecule has 2 amide bonds. The molecule has 1 fully saturated rings. The molecule has 0 saturated carbocycles. The largest absolute Gasteiger partial charge is 0.444 e. The molecule has 1 heterocycles. The van der Waals surface area contributed by atoms with Gasteiger partial charge in [0.05, 0.1) is 5.92 Å². The first kappa shape index (κ1) is 19.6. The summed E-state index contributed by atoms with van der Waals surface area (Å²) in [6.45, 7) is 7.14. The van der Waals surface area contributed by atoms with Gasteiger partial charge in [0.25, 0.3) is 0 Å². The minimum Gasteiger partial charge on any atom is -0.444 e. The quantitative estimate of drug-likeness (QED) is 0.809. The summed E-state index contributed by atoms with van der Waals surface area (Å²) in [6, 6.07) is 7.75. The summed E-state index contributed by atoms with van der Waals surface area (Å²) >= 11 is 5.86. The Kier molecular flexibility index (Phi) is 6.71. The van der Waals surface area contributed by atoms with E-state index in [0.29, 0.717) is 26.1 Å². The number of carbonyl (C=O) groups excluding carboxylic acids is 2. The van der Waals surface area contributed by atoms with Gasteiger partial charge < -0.3 is 15.0 Å². The van der Waals surface area contributed by atoms with Crippen LogP contribution in [0.3, 0.4) is 0 Å². The minimum atomic E-state index is -0.515. The van der Waals surface area contributed by atoms with Crippen molar-refractivity contribution in [2.24, 2.45) is 5.92 Å². The highest BCUT2D eigenvalue weighted by molar-refractivity contribution is 6.30. The topological polar surface area (TPSA) is 58.6 Å². The highest BCUT2D eigenvalue weighted by Crippen LogP contribution is 2.19. The molecular formula is C19H27ClN2O3. The molecule has 1 saturated heterocycles. The third-order valence-electron chi connectivity index (χ3n) is 4.07. The van der Waals surface area contributed by atoms with Gasteiger partial charge in [-0.1, -0.05) is 23.7 Å².